The largest absolute Gasteiger partial charge is 0.356 e. The molecule has 1 aromatic rings. The first kappa shape index (κ1) is 13.7. The van der Waals surface area contributed by atoms with Gasteiger partial charge in [0, 0.05) is 32.0 Å². The van der Waals surface area contributed by atoms with Crippen molar-refractivity contribution in [1.82, 2.24) is 15.1 Å². The highest BCUT2D eigenvalue weighted by Crippen LogP contribution is 2.04. The highest BCUT2D eigenvalue weighted by atomic mass is 16.1. The molecule has 0 radical (unpaired) electrons. The maximum atomic E-state index is 11.7. The van der Waals surface area contributed by atoms with Crippen molar-refractivity contribution in [3.05, 3.63) is 18.5 Å². The third-order valence-electron chi connectivity index (χ3n) is 2.71. The SMILES string of the molecule is CCCC(CN)C(=O)NCCCn1cccn1. The number of nitrogens with zero attached hydrogens (tertiary/aromatic N) is 2. The Kier molecular flexibility index (Phi) is 6.32. The van der Waals surface area contributed by atoms with E-state index in [9.17, 15) is 4.79 Å². The topological polar surface area (TPSA) is 72.9 Å². The Hall–Kier alpha value is -1.36. The van der Waals surface area contributed by atoms with Crippen LogP contribution in [0.15, 0.2) is 18.5 Å². The summed E-state index contributed by atoms with van der Waals surface area (Å²) in [6.45, 7) is 4.00. The quantitative estimate of drug-likeness (QED) is 0.657. The fraction of sp³-hybridized carbons (Fsp3) is 0.667. The molecule has 5 heteroatoms. The number of carbonyl (C=O) groups excluding carboxylic acids is 1. The lowest BCUT2D eigenvalue weighted by molar-refractivity contribution is -0.124. The number of nitrogens with one attached hydrogen (secondary N) is 1. The van der Waals surface area contributed by atoms with Gasteiger partial charge in [0.15, 0.2) is 0 Å². The molecule has 17 heavy (non-hydrogen) atoms. The molecule has 0 aliphatic carbocycles. The van der Waals surface area contributed by atoms with Gasteiger partial charge in [-0.1, -0.05) is 13.3 Å². The van der Waals surface area contributed by atoms with Crippen LogP contribution in [-0.2, 0) is 11.3 Å². The molecule has 1 amide bonds. The molecule has 5 nitrogen and oxygen atoms in total. The molecular weight excluding hydrogens is 216 g/mol. The number of carbonyl (C=O) groups is 1. The van der Waals surface area contributed by atoms with E-state index in [2.05, 4.69) is 17.3 Å². The number of rotatable bonds is 8. The number of hydrogen-bond donors (Lipinski definition) is 2. The van der Waals surface area contributed by atoms with E-state index in [0.29, 0.717) is 13.1 Å². The minimum Gasteiger partial charge on any atom is -0.356 e. The number of nitrogens with two attached hydrogens (primary N) is 1. The lowest BCUT2D eigenvalue weighted by Gasteiger charge is -2.13. The molecule has 0 aliphatic rings. The summed E-state index contributed by atoms with van der Waals surface area (Å²) in [5.74, 6) is 0.0412. The van der Waals surface area contributed by atoms with Gasteiger partial charge < -0.3 is 11.1 Å². The zero-order valence-electron chi connectivity index (χ0n) is 10.4. The van der Waals surface area contributed by atoms with Crippen LogP contribution in [0.25, 0.3) is 0 Å². The summed E-state index contributed by atoms with van der Waals surface area (Å²) >= 11 is 0. The highest BCUT2D eigenvalue weighted by Gasteiger charge is 2.14. The zero-order valence-corrected chi connectivity index (χ0v) is 10.4. The predicted molar refractivity (Wildman–Crippen MR) is 67.3 cm³/mol. The van der Waals surface area contributed by atoms with Gasteiger partial charge in [-0.05, 0) is 18.9 Å². The van der Waals surface area contributed by atoms with Gasteiger partial charge in [-0.15, -0.1) is 0 Å². The van der Waals surface area contributed by atoms with Crippen LogP contribution in [0.4, 0.5) is 0 Å². The Bertz CT molecular complexity index is 310. The third-order valence-corrected chi connectivity index (χ3v) is 2.71. The first-order valence-corrected chi connectivity index (χ1v) is 6.23. The van der Waals surface area contributed by atoms with Crippen molar-refractivity contribution >= 4 is 5.91 Å². The normalized spacial score (nSPS) is 12.4. The van der Waals surface area contributed by atoms with E-state index < -0.39 is 0 Å². The van der Waals surface area contributed by atoms with Crippen molar-refractivity contribution in [1.29, 1.82) is 0 Å². The monoisotopic (exact) mass is 238 g/mol. The predicted octanol–water partition coefficient (Wildman–Crippen LogP) is 0.764. The van der Waals surface area contributed by atoms with Gasteiger partial charge >= 0.3 is 0 Å². The van der Waals surface area contributed by atoms with Gasteiger partial charge in [-0.2, -0.15) is 5.10 Å². The molecule has 96 valence electrons. The molecule has 0 bridgehead atoms. The second-order valence-corrected chi connectivity index (χ2v) is 4.14. The number of amides is 1. The molecule has 0 aromatic carbocycles. The van der Waals surface area contributed by atoms with E-state index in [1.54, 1.807) is 6.20 Å². The molecule has 1 heterocycles. The van der Waals surface area contributed by atoms with Crippen molar-refractivity contribution in [2.45, 2.75) is 32.7 Å². The van der Waals surface area contributed by atoms with Gasteiger partial charge in [0.05, 0.1) is 5.92 Å². The first-order chi connectivity index (χ1) is 8.27. The van der Waals surface area contributed by atoms with E-state index in [-0.39, 0.29) is 11.8 Å². The van der Waals surface area contributed by atoms with Crippen molar-refractivity contribution in [3.8, 4) is 0 Å². The molecule has 1 rings (SSSR count). The van der Waals surface area contributed by atoms with Crippen LogP contribution in [0.2, 0.25) is 0 Å². The van der Waals surface area contributed by atoms with Crippen LogP contribution in [0.1, 0.15) is 26.2 Å². The highest BCUT2D eigenvalue weighted by molar-refractivity contribution is 5.78. The molecule has 0 saturated heterocycles. The van der Waals surface area contributed by atoms with E-state index in [4.69, 9.17) is 5.73 Å². The van der Waals surface area contributed by atoms with Crippen LogP contribution in [-0.4, -0.2) is 28.8 Å². The summed E-state index contributed by atoms with van der Waals surface area (Å²) in [5.41, 5.74) is 5.57. The van der Waals surface area contributed by atoms with Gasteiger partial charge in [-0.25, -0.2) is 0 Å². The second kappa shape index (κ2) is 7.84. The van der Waals surface area contributed by atoms with Crippen molar-refractivity contribution < 1.29 is 4.79 Å². The molecule has 3 N–H and O–H groups in total. The number of hydrogen-bond acceptors (Lipinski definition) is 3. The fourth-order valence-corrected chi connectivity index (χ4v) is 1.73. The minimum absolute atomic E-state index is 0.0373. The van der Waals surface area contributed by atoms with E-state index in [1.165, 1.54) is 0 Å². The van der Waals surface area contributed by atoms with Crippen LogP contribution in [0.5, 0.6) is 0 Å². The van der Waals surface area contributed by atoms with Crippen LogP contribution >= 0.6 is 0 Å². The van der Waals surface area contributed by atoms with Gasteiger partial charge in [0.1, 0.15) is 0 Å². The Morgan fingerprint density at radius 3 is 3.00 bits per heavy atom. The lowest BCUT2D eigenvalue weighted by atomic mass is 10.0. The summed E-state index contributed by atoms with van der Waals surface area (Å²) in [7, 11) is 0. The lowest BCUT2D eigenvalue weighted by Crippen LogP contribution is -2.35. The zero-order chi connectivity index (χ0) is 12.5. The average Bonchev–Trinajstić information content (AvgIpc) is 2.84. The Balaban J connectivity index is 2.14. The van der Waals surface area contributed by atoms with Crippen LogP contribution in [0.3, 0.4) is 0 Å². The molecule has 1 atom stereocenters. The Morgan fingerprint density at radius 1 is 1.59 bits per heavy atom. The Morgan fingerprint density at radius 2 is 2.41 bits per heavy atom. The molecule has 0 saturated carbocycles. The third kappa shape index (κ3) is 4.99. The maximum Gasteiger partial charge on any atom is 0.224 e. The van der Waals surface area contributed by atoms with Crippen LogP contribution in [0, 0.1) is 5.92 Å². The summed E-state index contributed by atoms with van der Waals surface area (Å²) in [5, 5.41) is 7.02. The van der Waals surface area contributed by atoms with E-state index in [0.717, 1.165) is 25.8 Å². The average molecular weight is 238 g/mol. The van der Waals surface area contributed by atoms with Gasteiger partial charge in [0.2, 0.25) is 5.91 Å². The second-order valence-electron chi connectivity index (χ2n) is 4.14. The smallest absolute Gasteiger partial charge is 0.224 e. The van der Waals surface area contributed by atoms with Gasteiger partial charge in [0.25, 0.3) is 0 Å². The van der Waals surface area contributed by atoms with Crippen molar-refractivity contribution in [2.75, 3.05) is 13.1 Å². The van der Waals surface area contributed by atoms with Crippen molar-refractivity contribution in [2.24, 2.45) is 11.7 Å². The van der Waals surface area contributed by atoms with Crippen LogP contribution < -0.4 is 11.1 Å². The van der Waals surface area contributed by atoms with E-state index >= 15 is 0 Å². The Labute approximate surface area is 102 Å². The molecule has 0 aliphatic heterocycles. The first-order valence-electron chi connectivity index (χ1n) is 6.23. The molecule has 0 spiro atoms. The minimum atomic E-state index is -0.0373. The summed E-state index contributed by atoms with van der Waals surface area (Å²) < 4.78 is 1.86. The summed E-state index contributed by atoms with van der Waals surface area (Å²) in [6.07, 6.45) is 6.41. The number of aryl methyl sites for hydroxylation is 1. The van der Waals surface area contributed by atoms with E-state index in [1.807, 2.05) is 16.9 Å². The fourth-order valence-electron chi connectivity index (χ4n) is 1.73. The molecule has 1 unspecified atom stereocenters. The molecular formula is C12H22N4O. The number of aromatic nitrogens is 2. The van der Waals surface area contributed by atoms with Crippen molar-refractivity contribution in [3.63, 3.8) is 0 Å². The summed E-state index contributed by atoms with van der Waals surface area (Å²) in [4.78, 5) is 11.7. The van der Waals surface area contributed by atoms with Gasteiger partial charge in [-0.3, -0.25) is 9.48 Å². The standard InChI is InChI=1S/C12H22N4O/c1-2-5-11(10-13)12(17)14-6-3-8-16-9-4-7-15-16/h4,7,9,11H,2-3,5-6,8,10,13H2,1H3,(H,14,17). The maximum absolute atomic E-state index is 11.7. The molecule has 0 fully saturated rings. The summed E-state index contributed by atoms with van der Waals surface area (Å²) in [6, 6.07) is 1.89. The molecule has 1 aromatic heterocycles.